The van der Waals surface area contributed by atoms with Crippen molar-refractivity contribution in [2.24, 2.45) is 5.92 Å². The van der Waals surface area contributed by atoms with Gasteiger partial charge < -0.3 is 15.2 Å². The number of nitrogens with zero attached hydrogens (tertiary/aromatic N) is 1. The van der Waals surface area contributed by atoms with E-state index in [9.17, 15) is 9.90 Å². The molecule has 0 bridgehead atoms. The molecule has 1 amide bonds. The quantitative estimate of drug-likeness (QED) is 0.805. The van der Waals surface area contributed by atoms with Crippen LogP contribution in [0, 0.1) is 5.92 Å². The number of carbonyl (C=O) groups excluding carboxylic acids is 1. The fourth-order valence-electron chi connectivity index (χ4n) is 5.15. The van der Waals surface area contributed by atoms with Crippen molar-refractivity contribution in [3.63, 3.8) is 0 Å². The van der Waals surface area contributed by atoms with E-state index in [1.165, 1.54) is 0 Å². The normalized spacial score (nSPS) is 27.1. The zero-order valence-corrected chi connectivity index (χ0v) is 17.0. The fourth-order valence-corrected chi connectivity index (χ4v) is 5.15. The summed E-state index contributed by atoms with van der Waals surface area (Å²) in [6, 6.07) is 17.5. The summed E-state index contributed by atoms with van der Waals surface area (Å²) in [5.41, 5.74) is 1.21. The van der Waals surface area contributed by atoms with Gasteiger partial charge in [0.05, 0.1) is 19.3 Å². The molecule has 1 saturated heterocycles. The first-order valence-electron chi connectivity index (χ1n) is 10.5. The molecule has 0 radical (unpaired) electrons. The first kappa shape index (κ1) is 19.9. The number of carbonyl (C=O) groups is 1. The SMILES string of the molecule is COc1ccccc1[C@H]1[C@H]2CCCC[C@]2(O)CCN1CC(=O)Nc1ccccc1. The zero-order valence-electron chi connectivity index (χ0n) is 17.0. The average molecular weight is 395 g/mol. The van der Waals surface area contributed by atoms with E-state index in [4.69, 9.17) is 4.74 Å². The third kappa shape index (κ3) is 4.16. The molecule has 5 heteroatoms. The maximum Gasteiger partial charge on any atom is 0.238 e. The number of piperidine rings is 1. The highest BCUT2D eigenvalue weighted by Gasteiger charge is 2.49. The van der Waals surface area contributed by atoms with Crippen molar-refractivity contribution in [3.8, 4) is 5.75 Å². The summed E-state index contributed by atoms with van der Waals surface area (Å²) in [5.74, 6) is 0.893. The molecule has 5 nitrogen and oxygen atoms in total. The van der Waals surface area contributed by atoms with Gasteiger partial charge in [-0.2, -0.15) is 0 Å². The minimum Gasteiger partial charge on any atom is -0.496 e. The highest BCUT2D eigenvalue weighted by molar-refractivity contribution is 5.92. The van der Waals surface area contributed by atoms with Crippen LogP contribution in [0.4, 0.5) is 5.69 Å². The second-order valence-electron chi connectivity index (χ2n) is 8.28. The topological polar surface area (TPSA) is 61.8 Å². The van der Waals surface area contributed by atoms with Crippen LogP contribution < -0.4 is 10.1 Å². The Labute approximate surface area is 172 Å². The first-order chi connectivity index (χ1) is 14.1. The second-order valence-corrected chi connectivity index (χ2v) is 8.28. The second kappa shape index (κ2) is 8.56. The van der Waals surface area contributed by atoms with Crippen LogP contribution in [0.25, 0.3) is 0 Å². The van der Waals surface area contributed by atoms with Crippen LogP contribution in [0.15, 0.2) is 54.6 Å². The summed E-state index contributed by atoms with van der Waals surface area (Å²) in [6.45, 7) is 0.988. The van der Waals surface area contributed by atoms with Crippen molar-refractivity contribution < 1.29 is 14.6 Å². The van der Waals surface area contributed by atoms with Crippen molar-refractivity contribution in [3.05, 3.63) is 60.2 Å². The molecule has 29 heavy (non-hydrogen) atoms. The van der Waals surface area contributed by atoms with Gasteiger partial charge in [-0.1, -0.05) is 49.2 Å². The van der Waals surface area contributed by atoms with E-state index >= 15 is 0 Å². The summed E-state index contributed by atoms with van der Waals surface area (Å²) in [5, 5.41) is 14.4. The summed E-state index contributed by atoms with van der Waals surface area (Å²) in [6.07, 6.45) is 4.70. The Morgan fingerprint density at radius 3 is 2.69 bits per heavy atom. The summed E-state index contributed by atoms with van der Waals surface area (Å²) in [7, 11) is 1.68. The summed E-state index contributed by atoms with van der Waals surface area (Å²) < 4.78 is 5.65. The molecule has 1 heterocycles. The smallest absolute Gasteiger partial charge is 0.238 e. The number of amides is 1. The van der Waals surface area contributed by atoms with E-state index in [-0.39, 0.29) is 17.9 Å². The lowest BCUT2D eigenvalue weighted by molar-refractivity contribution is -0.135. The Kier molecular flexibility index (Phi) is 5.88. The van der Waals surface area contributed by atoms with Crippen molar-refractivity contribution in [2.45, 2.75) is 43.7 Å². The number of fused-ring (bicyclic) bond motifs is 1. The number of anilines is 1. The molecule has 0 unspecified atom stereocenters. The average Bonchev–Trinajstić information content (AvgIpc) is 2.74. The molecule has 0 spiro atoms. The molecule has 2 aromatic rings. The molecular weight excluding hydrogens is 364 g/mol. The number of hydrogen-bond acceptors (Lipinski definition) is 4. The van der Waals surface area contributed by atoms with Gasteiger partial charge in [-0.3, -0.25) is 9.69 Å². The maximum atomic E-state index is 12.8. The van der Waals surface area contributed by atoms with Crippen LogP contribution in [0.5, 0.6) is 5.75 Å². The van der Waals surface area contributed by atoms with E-state index < -0.39 is 5.60 Å². The van der Waals surface area contributed by atoms with Gasteiger partial charge in [-0.15, -0.1) is 0 Å². The third-order valence-electron chi connectivity index (χ3n) is 6.53. The van der Waals surface area contributed by atoms with Crippen LogP contribution in [0.1, 0.15) is 43.7 Å². The van der Waals surface area contributed by atoms with E-state index in [1.54, 1.807) is 7.11 Å². The van der Waals surface area contributed by atoms with Gasteiger partial charge in [0, 0.05) is 29.8 Å². The lowest BCUT2D eigenvalue weighted by Crippen LogP contribution is -2.56. The number of aliphatic hydroxyl groups is 1. The van der Waals surface area contributed by atoms with E-state index in [0.29, 0.717) is 19.5 Å². The molecule has 2 fully saturated rings. The standard InChI is InChI=1S/C24H30N2O3/c1-29-21-13-6-5-11-19(21)23-20-12-7-8-14-24(20,28)15-16-26(23)17-22(27)25-18-9-3-2-4-10-18/h2-6,9-11,13,20,23,28H,7-8,12,14-17H2,1H3,(H,25,27)/t20-,23+,24+/m1/s1. The summed E-state index contributed by atoms with van der Waals surface area (Å²) >= 11 is 0. The van der Waals surface area contributed by atoms with E-state index in [1.807, 2.05) is 48.5 Å². The Morgan fingerprint density at radius 2 is 1.90 bits per heavy atom. The maximum absolute atomic E-state index is 12.8. The number of nitrogens with one attached hydrogen (secondary N) is 1. The van der Waals surface area contributed by atoms with Gasteiger partial charge in [0.2, 0.25) is 5.91 Å². The highest BCUT2D eigenvalue weighted by Crippen LogP contribution is 2.50. The van der Waals surface area contributed by atoms with Crippen molar-refractivity contribution in [1.82, 2.24) is 4.90 Å². The van der Waals surface area contributed by atoms with Gasteiger partial charge in [-0.05, 0) is 37.5 Å². The van der Waals surface area contributed by atoms with Gasteiger partial charge >= 0.3 is 0 Å². The molecule has 1 aliphatic carbocycles. The molecule has 1 saturated carbocycles. The third-order valence-corrected chi connectivity index (χ3v) is 6.53. The van der Waals surface area contributed by atoms with Gasteiger partial charge in [0.15, 0.2) is 0 Å². The van der Waals surface area contributed by atoms with Crippen LogP contribution in [-0.2, 0) is 4.79 Å². The van der Waals surface area contributed by atoms with Gasteiger partial charge in [-0.25, -0.2) is 0 Å². The number of methoxy groups -OCH3 is 1. The molecule has 2 aliphatic rings. The molecule has 154 valence electrons. The Balaban J connectivity index is 1.61. The predicted octanol–water partition coefficient (Wildman–Crippen LogP) is 4.00. The Bertz CT molecular complexity index is 841. The number of para-hydroxylation sites is 2. The van der Waals surface area contributed by atoms with Gasteiger partial charge in [0.1, 0.15) is 5.75 Å². The number of benzene rings is 2. The molecular formula is C24H30N2O3. The fraction of sp³-hybridized carbons (Fsp3) is 0.458. The largest absolute Gasteiger partial charge is 0.496 e. The minimum atomic E-state index is -0.657. The number of ether oxygens (including phenoxy) is 1. The molecule has 2 aromatic carbocycles. The Hall–Kier alpha value is -2.37. The van der Waals surface area contributed by atoms with Crippen molar-refractivity contribution >= 4 is 11.6 Å². The van der Waals surface area contributed by atoms with Crippen molar-refractivity contribution in [2.75, 3.05) is 25.5 Å². The van der Waals surface area contributed by atoms with Crippen LogP contribution >= 0.6 is 0 Å². The molecule has 2 N–H and O–H groups in total. The van der Waals surface area contributed by atoms with Crippen LogP contribution in [0.2, 0.25) is 0 Å². The monoisotopic (exact) mass is 394 g/mol. The predicted molar refractivity (Wildman–Crippen MR) is 114 cm³/mol. The molecule has 3 atom stereocenters. The zero-order chi connectivity index (χ0) is 20.3. The Morgan fingerprint density at radius 1 is 1.14 bits per heavy atom. The molecule has 1 aliphatic heterocycles. The molecule has 0 aromatic heterocycles. The van der Waals surface area contributed by atoms with Crippen LogP contribution in [-0.4, -0.2) is 41.7 Å². The number of hydrogen-bond donors (Lipinski definition) is 2. The van der Waals surface area contributed by atoms with E-state index in [0.717, 1.165) is 42.7 Å². The van der Waals surface area contributed by atoms with Crippen molar-refractivity contribution in [1.29, 1.82) is 0 Å². The minimum absolute atomic E-state index is 0.0302. The lowest BCUT2D eigenvalue weighted by Gasteiger charge is -2.52. The number of rotatable bonds is 5. The molecule has 4 rings (SSSR count). The van der Waals surface area contributed by atoms with Crippen LogP contribution in [0.3, 0.4) is 0 Å². The lowest BCUT2D eigenvalue weighted by atomic mass is 9.66. The van der Waals surface area contributed by atoms with Gasteiger partial charge in [0.25, 0.3) is 0 Å². The number of likely N-dealkylation sites (tertiary alicyclic amines) is 1. The first-order valence-corrected chi connectivity index (χ1v) is 10.5. The van der Waals surface area contributed by atoms with E-state index in [2.05, 4.69) is 16.3 Å². The highest BCUT2D eigenvalue weighted by atomic mass is 16.5. The summed E-state index contributed by atoms with van der Waals surface area (Å²) in [4.78, 5) is 15.0.